The molecule has 0 bridgehead atoms. The van der Waals surface area contributed by atoms with Crippen molar-refractivity contribution in [2.45, 2.75) is 39.2 Å². The minimum absolute atomic E-state index is 0.220. The zero-order valence-electron chi connectivity index (χ0n) is 44.1. The van der Waals surface area contributed by atoms with Crippen molar-refractivity contribution in [3.05, 3.63) is 296 Å². The number of hydrogen-bond donors (Lipinski definition) is 0. The molecule has 2 heterocycles. The fraction of sp³-hybridized carbons (Fsp3) is 0.108. The zero-order valence-corrected chi connectivity index (χ0v) is 44.1. The van der Waals surface area contributed by atoms with E-state index in [-0.39, 0.29) is 12.0 Å². The number of aromatic nitrogens is 1. The Balaban J connectivity index is 0.844. The second kappa shape index (κ2) is 20.0. The molecule has 10 aromatic rings. The molecule has 0 radical (unpaired) electrons. The van der Waals surface area contributed by atoms with Gasteiger partial charge in [0, 0.05) is 73.5 Å². The van der Waals surface area contributed by atoms with Crippen LogP contribution in [0, 0.1) is 11.8 Å². The number of hydrogen-bond acceptors (Lipinski definition) is 3. The van der Waals surface area contributed by atoms with E-state index in [2.05, 4.69) is 306 Å². The van der Waals surface area contributed by atoms with E-state index in [1.807, 2.05) is 0 Å². The van der Waals surface area contributed by atoms with E-state index in [1.165, 1.54) is 100 Å². The third-order valence-electron chi connectivity index (χ3n) is 16.4. The molecule has 0 saturated heterocycles. The highest BCUT2D eigenvalue weighted by atomic mass is 15.2. The van der Waals surface area contributed by atoms with Gasteiger partial charge in [-0.15, -0.1) is 0 Å². The summed E-state index contributed by atoms with van der Waals surface area (Å²) in [6, 6.07) is 84.8. The first-order chi connectivity index (χ1) is 38.5. The second-order valence-electron chi connectivity index (χ2n) is 21.4. The molecule has 4 heteroatoms. The molecule has 4 nitrogen and oxygen atoms in total. The Morgan fingerprint density at radius 2 is 1.09 bits per heavy atom. The number of benzene rings is 9. The minimum Gasteiger partial charge on any atom is -0.333 e. The minimum atomic E-state index is 0.220. The van der Waals surface area contributed by atoms with Crippen molar-refractivity contribution in [2.75, 3.05) is 14.7 Å². The van der Waals surface area contributed by atoms with Gasteiger partial charge in [-0.05, 0) is 161 Å². The first kappa shape index (κ1) is 47.1. The lowest BCUT2D eigenvalue weighted by atomic mass is 9.86. The van der Waals surface area contributed by atoms with Gasteiger partial charge in [0.25, 0.3) is 0 Å². The summed E-state index contributed by atoms with van der Waals surface area (Å²) in [6.07, 6.45) is 19.6. The predicted octanol–water partition coefficient (Wildman–Crippen LogP) is 19.7. The van der Waals surface area contributed by atoms with Gasteiger partial charge in [-0.2, -0.15) is 0 Å². The molecule has 14 rings (SSSR count). The Bertz CT molecular complexity index is 4100. The summed E-state index contributed by atoms with van der Waals surface area (Å²) in [4.78, 5) is 7.51. The summed E-state index contributed by atoms with van der Waals surface area (Å²) >= 11 is 0. The van der Waals surface area contributed by atoms with Crippen LogP contribution in [0.5, 0.6) is 0 Å². The summed E-state index contributed by atoms with van der Waals surface area (Å²) < 4.78 is 2.45. The molecule has 0 amide bonds. The van der Waals surface area contributed by atoms with Crippen molar-refractivity contribution in [3.63, 3.8) is 0 Å². The molecule has 3 atom stereocenters. The van der Waals surface area contributed by atoms with Crippen molar-refractivity contribution < 1.29 is 0 Å². The number of allylic oxidation sites excluding steroid dienone is 9. The maximum Gasteiger partial charge on any atom is 0.0634 e. The molecule has 376 valence electrons. The molecule has 3 aliphatic carbocycles. The summed E-state index contributed by atoms with van der Waals surface area (Å²) in [7, 11) is 0. The van der Waals surface area contributed by atoms with Crippen LogP contribution >= 0.6 is 0 Å². The molecule has 0 fully saturated rings. The van der Waals surface area contributed by atoms with Crippen LogP contribution in [-0.4, -0.2) is 10.6 Å². The third-order valence-corrected chi connectivity index (χ3v) is 16.4. The quantitative estimate of drug-likeness (QED) is 0.128. The van der Waals surface area contributed by atoms with E-state index < -0.39 is 0 Å². The molecule has 1 aliphatic heterocycles. The Hall–Kier alpha value is -9.38. The summed E-state index contributed by atoms with van der Waals surface area (Å²) in [5.74, 6) is 0.719. The number of para-hydroxylation sites is 3. The smallest absolute Gasteiger partial charge is 0.0634 e. The van der Waals surface area contributed by atoms with Crippen LogP contribution in [0.2, 0.25) is 0 Å². The molecule has 4 aliphatic rings. The van der Waals surface area contributed by atoms with Gasteiger partial charge in [0.15, 0.2) is 0 Å². The monoisotopic (exact) mass is 1000 g/mol. The lowest BCUT2D eigenvalue weighted by Crippen LogP contribution is -2.31. The fourth-order valence-corrected chi connectivity index (χ4v) is 12.7. The van der Waals surface area contributed by atoms with E-state index in [4.69, 9.17) is 0 Å². The van der Waals surface area contributed by atoms with Gasteiger partial charge in [0.1, 0.15) is 0 Å². The molecule has 2 unspecified atom stereocenters. The van der Waals surface area contributed by atoms with Gasteiger partial charge in [0.05, 0.1) is 17.1 Å². The van der Waals surface area contributed by atoms with Crippen LogP contribution in [0.15, 0.2) is 284 Å². The van der Waals surface area contributed by atoms with Crippen molar-refractivity contribution in [3.8, 4) is 22.3 Å². The molecule has 9 aromatic carbocycles. The number of nitrogens with zero attached hydrogens (tertiary/aromatic N) is 4. The Morgan fingerprint density at radius 3 is 1.81 bits per heavy atom. The molecule has 78 heavy (non-hydrogen) atoms. The van der Waals surface area contributed by atoms with E-state index in [0.717, 1.165) is 36.3 Å². The van der Waals surface area contributed by atoms with Crippen LogP contribution in [-0.2, 0) is 0 Å². The number of fused-ring (bicyclic) bond motifs is 6. The fourth-order valence-electron chi connectivity index (χ4n) is 12.7. The number of rotatable bonds is 11. The summed E-state index contributed by atoms with van der Waals surface area (Å²) in [5, 5.41) is 2.49. The average Bonchev–Trinajstić information content (AvgIpc) is 4.11. The molecular weight excluding hydrogens is 945 g/mol. The van der Waals surface area contributed by atoms with Gasteiger partial charge >= 0.3 is 0 Å². The van der Waals surface area contributed by atoms with Crippen LogP contribution in [0.3, 0.4) is 0 Å². The normalized spacial score (nSPS) is 17.6. The maximum absolute atomic E-state index is 2.55. The summed E-state index contributed by atoms with van der Waals surface area (Å²) in [5.41, 5.74) is 23.2. The Labute approximate surface area is 458 Å². The zero-order chi connectivity index (χ0) is 52.1. The SMILES string of the molecule is CC1CC(c2ccc(N(c3cccc(-c4ccccc4)c3)c3ccc4c(c3)c3ccccc3n4C3=C[C@H](C)CC=C3)cc2)=CC=C1N(C1=CCC2C(=C1)c1ccccc1N2c1ccccc1)c1cccc(-c2ccccc2)c1. The summed E-state index contributed by atoms with van der Waals surface area (Å²) in [6.45, 7) is 4.71. The van der Waals surface area contributed by atoms with Crippen molar-refractivity contribution in [1.29, 1.82) is 0 Å². The van der Waals surface area contributed by atoms with Crippen molar-refractivity contribution in [2.24, 2.45) is 11.8 Å². The predicted molar refractivity (Wildman–Crippen MR) is 330 cm³/mol. The first-order valence-corrected chi connectivity index (χ1v) is 27.7. The first-order valence-electron chi connectivity index (χ1n) is 27.7. The average molecular weight is 1010 g/mol. The molecule has 0 spiro atoms. The topological polar surface area (TPSA) is 14.7 Å². The van der Waals surface area contributed by atoms with Crippen molar-refractivity contribution in [1.82, 2.24) is 4.57 Å². The lowest BCUT2D eigenvalue weighted by Gasteiger charge is -2.37. The highest BCUT2D eigenvalue weighted by molar-refractivity contribution is 6.12. The third kappa shape index (κ3) is 8.51. The Morgan fingerprint density at radius 1 is 0.474 bits per heavy atom. The van der Waals surface area contributed by atoms with E-state index >= 15 is 0 Å². The van der Waals surface area contributed by atoms with E-state index in [9.17, 15) is 0 Å². The number of anilines is 6. The second-order valence-corrected chi connectivity index (χ2v) is 21.4. The van der Waals surface area contributed by atoms with E-state index in [1.54, 1.807) is 0 Å². The van der Waals surface area contributed by atoms with Gasteiger partial charge in [-0.25, -0.2) is 0 Å². The highest BCUT2D eigenvalue weighted by Gasteiger charge is 2.37. The van der Waals surface area contributed by atoms with Gasteiger partial charge in [-0.1, -0.05) is 190 Å². The standard InChI is InChI=1S/C74H60N4/c1-51-19-16-28-61(45-51)78-72-34-15-13-32-67(72)68-49-64(40-43-74(68)78)75(62-29-17-24-56(47-62)53-20-6-3-7-21-53)60-38-35-55(36-39-60)58-37-42-70(52(2)46-58)76(63-30-18-25-57(48-63)54-22-8-4-9-23-54)65-41-44-73-69(50-65)66-31-12-14-33-71(66)77(73)59-26-10-5-11-27-59/h3-18,20-43,45,47-52,73H,19,44,46H2,1-2H3/t51-,52?,73?/m1/s1. The highest BCUT2D eigenvalue weighted by Crippen LogP contribution is 2.50. The van der Waals surface area contributed by atoms with Crippen LogP contribution < -0.4 is 14.7 Å². The molecular formula is C74H60N4. The molecule has 1 aromatic heterocycles. The lowest BCUT2D eigenvalue weighted by molar-refractivity contribution is 0.672. The van der Waals surface area contributed by atoms with Gasteiger partial charge in [-0.3, -0.25) is 0 Å². The van der Waals surface area contributed by atoms with Gasteiger partial charge < -0.3 is 19.3 Å². The molecule has 0 N–H and O–H groups in total. The Kier molecular flexibility index (Phi) is 12.1. The van der Waals surface area contributed by atoms with Crippen LogP contribution in [0.1, 0.15) is 44.2 Å². The van der Waals surface area contributed by atoms with Crippen LogP contribution in [0.4, 0.5) is 34.1 Å². The largest absolute Gasteiger partial charge is 0.333 e. The van der Waals surface area contributed by atoms with Gasteiger partial charge in [0.2, 0.25) is 0 Å². The van der Waals surface area contributed by atoms with E-state index in [0.29, 0.717) is 5.92 Å². The maximum atomic E-state index is 2.55. The molecule has 0 saturated carbocycles. The van der Waals surface area contributed by atoms with Crippen molar-refractivity contribution >= 4 is 72.8 Å². The van der Waals surface area contributed by atoms with Crippen LogP contribution in [0.25, 0.3) is 60.9 Å².